The van der Waals surface area contributed by atoms with Gasteiger partial charge in [0.15, 0.2) is 0 Å². The zero-order chi connectivity index (χ0) is 25.0. The van der Waals surface area contributed by atoms with E-state index in [1.54, 1.807) is 0 Å². The molecular formula is C17H29N5O9S. The summed E-state index contributed by atoms with van der Waals surface area (Å²) in [5.41, 5.74) is 10.8. The number of carboxylic acids is 3. The van der Waals surface area contributed by atoms with Crippen LogP contribution in [0.15, 0.2) is 0 Å². The van der Waals surface area contributed by atoms with Crippen LogP contribution in [0.3, 0.4) is 0 Å². The van der Waals surface area contributed by atoms with Crippen molar-refractivity contribution >= 4 is 47.4 Å². The summed E-state index contributed by atoms with van der Waals surface area (Å²) in [6, 6.07) is -6.04. The molecule has 0 rings (SSSR count). The first-order chi connectivity index (χ1) is 14.8. The molecule has 0 aromatic rings. The van der Waals surface area contributed by atoms with Gasteiger partial charge in [-0.05, 0) is 20.3 Å². The van der Waals surface area contributed by atoms with Crippen molar-refractivity contribution in [1.82, 2.24) is 16.0 Å². The fourth-order valence-electron chi connectivity index (χ4n) is 2.05. The van der Waals surface area contributed by atoms with Crippen LogP contribution >= 0.6 is 11.8 Å². The Morgan fingerprint density at radius 1 is 0.781 bits per heavy atom. The van der Waals surface area contributed by atoms with Crippen LogP contribution in [0.2, 0.25) is 0 Å². The summed E-state index contributed by atoms with van der Waals surface area (Å²) in [7, 11) is 0. The number of amides is 3. The van der Waals surface area contributed by atoms with E-state index >= 15 is 0 Å². The van der Waals surface area contributed by atoms with E-state index in [2.05, 4.69) is 16.0 Å². The average Bonchev–Trinajstić information content (AvgIpc) is 2.69. The summed E-state index contributed by atoms with van der Waals surface area (Å²) >= 11 is 0.951. The van der Waals surface area contributed by atoms with Gasteiger partial charge in [0.05, 0.1) is 6.04 Å². The highest BCUT2D eigenvalue weighted by Crippen LogP contribution is 2.07. The Hall–Kier alpha value is -2.91. The van der Waals surface area contributed by atoms with Gasteiger partial charge in [-0.2, -0.15) is 11.8 Å². The summed E-state index contributed by atoms with van der Waals surface area (Å²) in [6.45, 7) is 2.57. The number of hydrogen-bond acceptors (Lipinski definition) is 9. The van der Waals surface area contributed by atoms with Gasteiger partial charge >= 0.3 is 17.9 Å². The van der Waals surface area contributed by atoms with Gasteiger partial charge in [0.2, 0.25) is 17.7 Å². The lowest BCUT2D eigenvalue weighted by molar-refractivity contribution is -0.142. The van der Waals surface area contributed by atoms with Gasteiger partial charge in [-0.15, -0.1) is 0 Å². The van der Waals surface area contributed by atoms with Crippen molar-refractivity contribution in [3.8, 4) is 0 Å². The molecular weight excluding hydrogens is 450 g/mol. The molecule has 0 bridgehead atoms. The lowest BCUT2D eigenvalue weighted by Gasteiger charge is -2.21. The molecule has 0 unspecified atom stereocenters. The Balaban J connectivity index is 5.05. The standard InChI is InChI=1S/C17H29N5O9S/c1-7(18)13(24)22-10(17(30)31)3-4-12(23)21-11(6-32-5-9(19)16(28)29)14(25)20-8(2)15(26)27/h7-11H,3-6,18-19H2,1-2H3,(H,20,25)(H,21,23)(H,22,24)(H,26,27)(H,28,29)(H,30,31)/t7-,8-,9+,10-,11-/m1/s1. The van der Waals surface area contributed by atoms with E-state index in [0.717, 1.165) is 11.8 Å². The van der Waals surface area contributed by atoms with Crippen LogP contribution in [0.5, 0.6) is 0 Å². The van der Waals surface area contributed by atoms with Gasteiger partial charge < -0.3 is 42.7 Å². The van der Waals surface area contributed by atoms with Crippen molar-refractivity contribution in [2.45, 2.75) is 56.9 Å². The molecule has 0 aliphatic rings. The highest BCUT2D eigenvalue weighted by atomic mass is 32.2. The molecule has 14 nitrogen and oxygen atoms in total. The number of nitrogens with one attached hydrogen (secondary N) is 3. The van der Waals surface area contributed by atoms with Crippen LogP contribution in [0.1, 0.15) is 26.7 Å². The highest BCUT2D eigenvalue weighted by Gasteiger charge is 2.27. The van der Waals surface area contributed by atoms with Crippen LogP contribution in [0.4, 0.5) is 0 Å². The van der Waals surface area contributed by atoms with E-state index in [9.17, 15) is 33.9 Å². The number of carbonyl (C=O) groups excluding carboxylic acids is 3. The number of rotatable bonds is 15. The molecule has 0 spiro atoms. The molecule has 0 aromatic carbocycles. The summed E-state index contributed by atoms with van der Waals surface area (Å²) in [5.74, 6) is -6.42. The van der Waals surface area contributed by atoms with Crippen LogP contribution in [0.25, 0.3) is 0 Å². The lowest BCUT2D eigenvalue weighted by Crippen LogP contribution is -2.52. The maximum atomic E-state index is 12.4. The number of thioether (sulfide) groups is 1. The fourth-order valence-corrected chi connectivity index (χ4v) is 3.05. The molecule has 0 fully saturated rings. The highest BCUT2D eigenvalue weighted by molar-refractivity contribution is 7.99. The van der Waals surface area contributed by atoms with Crippen molar-refractivity contribution in [1.29, 1.82) is 0 Å². The first-order valence-corrected chi connectivity index (χ1v) is 10.6. The number of hydrogen-bond donors (Lipinski definition) is 8. The smallest absolute Gasteiger partial charge is 0.326 e. The zero-order valence-corrected chi connectivity index (χ0v) is 18.4. The summed E-state index contributed by atoms with van der Waals surface area (Å²) in [4.78, 5) is 69.2. The molecule has 32 heavy (non-hydrogen) atoms. The second kappa shape index (κ2) is 14.2. The largest absolute Gasteiger partial charge is 0.480 e. The van der Waals surface area contributed by atoms with E-state index in [1.165, 1.54) is 13.8 Å². The van der Waals surface area contributed by atoms with Crippen molar-refractivity contribution < 1.29 is 44.1 Å². The number of carbonyl (C=O) groups is 6. The molecule has 0 radical (unpaired) electrons. The minimum Gasteiger partial charge on any atom is -0.480 e. The van der Waals surface area contributed by atoms with Gasteiger partial charge in [0, 0.05) is 17.9 Å². The Morgan fingerprint density at radius 3 is 1.84 bits per heavy atom. The third-order valence-corrected chi connectivity index (χ3v) is 5.13. The zero-order valence-electron chi connectivity index (χ0n) is 17.6. The summed E-state index contributed by atoms with van der Waals surface area (Å²) in [5, 5.41) is 33.6. The van der Waals surface area contributed by atoms with Crippen molar-refractivity contribution in [2.24, 2.45) is 11.5 Å². The van der Waals surface area contributed by atoms with E-state index in [4.69, 9.17) is 21.7 Å². The van der Waals surface area contributed by atoms with E-state index in [-0.39, 0.29) is 24.3 Å². The van der Waals surface area contributed by atoms with Crippen LogP contribution in [-0.4, -0.2) is 92.7 Å². The normalized spacial score (nSPS) is 15.4. The van der Waals surface area contributed by atoms with Crippen molar-refractivity contribution in [3.63, 3.8) is 0 Å². The number of nitrogens with two attached hydrogens (primary N) is 2. The van der Waals surface area contributed by atoms with Gasteiger partial charge in [-0.3, -0.25) is 24.0 Å². The monoisotopic (exact) mass is 479 g/mol. The Kier molecular flexibility index (Phi) is 12.9. The quantitative estimate of drug-likeness (QED) is 0.116. The fraction of sp³-hybridized carbons (Fsp3) is 0.647. The van der Waals surface area contributed by atoms with E-state index in [1.807, 2.05) is 0 Å². The minimum absolute atomic E-state index is 0.0755. The molecule has 0 aromatic heterocycles. The maximum absolute atomic E-state index is 12.4. The third-order valence-electron chi connectivity index (χ3n) is 3.97. The Morgan fingerprint density at radius 2 is 1.38 bits per heavy atom. The molecule has 15 heteroatoms. The predicted octanol–water partition coefficient (Wildman–Crippen LogP) is -3.10. The average molecular weight is 480 g/mol. The van der Waals surface area contributed by atoms with Crippen LogP contribution in [-0.2, 0) is 28.8 Å². The van der Waals surface area contributed by atoms with Gasteiger partial charge in [0.25, 0.3) is 0 Å². The van der Waals surface area contributed by atoms with Gasteiger partial charge in [-0.25, -0.2) is 4.79 Å². The SMILES string of the molecule is C[C@@H](N)C(=O)N[C@H](CCC(=O)N[C@H](CSC[C@H](N)C(=O)O)C(=O)N[C@H](C)C(=O)O)C(=O)O. The van der Waals surface area contributed by atoms with E-state index < -0.39 is 65.8 Å². The van der Waals surface area contributed by atoms with Crippen molar-refractivity contribution in [2.75, 3.05) is 11.5 Å². The van der Waals surface area contributed by atoms with Crippen LogP contribution in [0, 0.1) is 0 Å². The summed E-state index contributed by atoms with van der Waals surface area (Å²) < 4.78 is 0. The first-order valence-electron chi connectivity index (χ1n) is 9.43. The second-order valence-corrected chi connectivity index (χ2v) is 7.97. The molecule has 0 aliphatic heterocycles. The number of aliphatic carboxylic acids is 3. The lowest BCUT2D eigenvalue weighted by atomic mass is 10.1. The Bertz CT molecular complexity index is 719. The van der Waals surface area contributed by atoms with E-state index in [0.29, 0.717) is 0 Å². The molecule has 182 valence electrons. The predicted molar refractivity (Wildman–Crippen MR) is 113 cm³/mol. The molecule has 3 amide bonds. The maximum Gasteiger partial charge on any atom is 0.326 e. The van der Waals surface area contributed by atoms with Crippen LogP contribution < -0.4 is 27.4 Å². The molecule has 0 saturated heterocycles. The first kappa shape index (κ1) is 29.1. The molecule has 0 heterocycles. The van der Waals surface area contributed by atoms with Gasteiger partial charge in [-0.1, -0.05) is 0 Å². The molecule has 0 saturated carbocycles. The molecule has 0 aliphatic carbocycles. The number of carboxylic acid groups (broad SMARTS) is 3. The second-order valence-electron chi connectivity index (χ2n) is 6.90. The summed E-state index contributed by atoms with van der Waals surface area (Å²) in [6.07, 6.45) is -0.676. The topological polar surface area (TPSA) is 251 Å². The molecule has 10 N–H and O–H groups in total. The molecule has 5 atom stereocenters. The Labute approximate surface area is 187 Å². The van der Waals surface area contributed by atoms with Gasteiger partial charge in [0.1, 0.15) is 24.2 Å². The third kappa shape index (κ3) is 11.5. The minimum atomic E-state index is -1.39. The van der Waals surface area contributed by atoms with Crippen molar-refractivity contribution in [3.05, 3.63) is 0 Å².